The zero-order valence-corrected chi connectivity index (χ0v) is 19.6. The number of unbranched alkanes of at least 4 members (excludes halogenated alkanes) is 1. The molecule has 152 valence electrons. The molecule has 0 bridgehead atoms. The van der Waals surface area contributed by atoms with Crippen LogP contribution >= 0.6 is 39.9 Å². The first-order valence-electron chi connectivity index (χ1n) is 9.78. The second-order valence-electron chi connectivity index (χ2n) is 7.00. The Hall–Kier alpha value is -2.15. The van der Waals surface area contributed by atoms with E-state index in [0.29, 0.717) is 15.0 Å². The minimum atomic E-state index is -0.118. The molecule has 1 amide bonds. The quantitative estimate of drug-likeness (QED) is 0.261. The van der Waals surface area contributed by atoms with E-state index in [1.54, 1.807) is 11.0 Å². The zero-order valence-electron chi connectivity index (χ0n) is 16.4. The van der Waals surface area contributed by atoms with Gasteiger partial charge in [0, 0.05) is 16.1 Å². The van der Waals surface area contributed by atoms with Gasteiger partial charge >= 0.3 is 0 Å². The number of thiocarbonyl (C=S) groups is 1. The van der Waals surface area contributed by atoms with E-state index < -0.39 is 0 Å². The van der Waals surface area contributed by atoms with E-state index in [-0.39, 0.29) is 5.91 Å². The summed E-state index contributed by atoms with van der Waals surface area (Å²) in [4.78, 5) is 15.1. The van der Waals surface area contributed by atoms with Crippen LogP contribution in [0, 0.1) is 0 Å². The number of carbonyl (C=O) groups is 1. The van der Waals surface area contributed by atoms with Crippen molar-refractivity contribution in [3.05, 3.63) is 81.4 Å². The van der Waals surface area contributed by atoms with Gasteiger partial charge in [-0.3, -0.25) is 9.69 Å². The molecule has 3 nitrogen and oxygen atoms in total. The molecule has 4 rings (SSSR count). The van der Waals surface area contributed by atoms with E-state index in [4.69, 9.17) is 16.6 Å². The van der Waals surface area contributed by atoms with Crippen molar-refractivity contribution in [2.24, 2.45) is 0 Å². The number of rotatable bonds is 6. The van der Waals surface area contributed by atoms with Crippen LogP contribution in [0.2, 0.25) is 0 Å². The van der Waals surface area contributed by atoms with Crippen LogP contribution in [0.4, 0.5) is 5.69 Å². The lowest BCUT2D eigenvalue weighted by molar-refractivity contribution is -0.113. The fourth-order valence-electron chi connectivity index (χ4n) is 3.21. The molecule has 6 heteroatoms. The summed E-state index contributed by atoms with van der Waals surface area (Å²) in [5, 5.41) is 0. The number of hydrogen-bond donors (Lipinski definition) is 0. The number of amides is 1. The monoisotopic (exact) mass is 497 g/mol. The largest absolute Gasteiger partial charge is 0.457 e. The summed E-state index contributed by atoms with van der Waals surface area (Å²) in [5.74, 6) is 1.27. The number of hydrogen-bond acceptors (Lipinski definition) is 4. The third-order valence-electron chi connectivity index (χ3n) is 4.84. The van der Waals surface area contributed by atoms with Gasteiger partial charge in [0.25, 0.3) is 5.91 Å². The first kappa shape index (κ1) is 21.1. The molecule has 0 N–H and O–H groups in total. The summed E-state index contributed by atoms with van der Waals surface area (Å²) in [7, 11) is 0. The fourth-order valence-corrected chi connectivity index (χ4v) is 4.76. The van der Waals surface area contributed by atoms with Gasteiger partial charge in [-0.25, -0.2) is 0 Å². The van der Waals surface area contributed by atoms with Crippen molar-refractivity contribution in [3.8, 4) is 11.3 Å². The fraction of sp³-hybridized carbons (Fsp3) is 0.167. The minimum absolute atomic E-state index is 0.118. The summed E-state index contributed by atoms with van der Waals surface area (Å²) in [6, 6.07) is 19.8. The van der Waals surface area contributed by atoms with Crippen LogP contribution in [-0.4, -0.2) is 10.2 Å². The van der Waals surface area contributed by atoms with Gasteiger partial charge in [-0.05, 0) is 54.8 Å². The Balaban J connectivity index is 1.52. The van der Waals surface area contributed by atoms with E-state index in [1.165, 1.54) is 17.3 Å². The summed E-state index contributed by atoms with van der Waals surface area (Å²) >= 11 is 10.2. The number of carbonyl (C=O) groups excluding carboxylic acids is 1. The van der Waals surface area contributed by atoms with Crippen molar-refractivity contribution in [1.82, 2.24) is 0 Å². The summed E-state index contributed by atoms with van der Waals surface area (Å²) in [6.07, 6.45) is 5.14. The van der Waals surface area contributed by atoms with Crippen molar-refractivity contribution in [2.75, 3.05) is 4.90 Å². The third kappa shape index (κ3) is 4.61. The minimum Gasteiger partial charge on any atom is -0.457 e. The Morgan fingerprint density at radius 2 is 1.80 bits per heavy atom. The average molecular weight is 498 g/mol. The Bertz CT molecular complexity index is 1100. The summed E-state index contributed by atoms with van der Waals surface area (Å²) in [5.41, 5.74) is 3.06. The van der Waals surface area contributed by atoms with Gasteiger partial charge in [0.1, 0.15) is 11.5 Å². The highest BCUT2D eigenvalue weighted by Gasteiger charge is 2.33. The standard InChI is InChI=1S/C24H20BrNO2S2/c1-2-3-4-16-5-11-19(12-6-16)26-23(27)22(30-24(26)29)15-20-13-14-21(28-20)17-7-9-18(25)10-8-17/h5-15H,2-4H2,1H3/b22-15+. The smallest absolute Gasteiger partial charge is 0.270 e. The van der Waals surface area contributed by atoms with Crippen LogP contribution in [0.5, 0.6) is 0 Å². The van der Waals surface area contributed by atoms with E-state index in [1.807, 2.05) is 48.5 Å². The van der Waals surface area contributed by atoms with Crippen molar-refractivity contribution < 1.29 is 9.21 Å². The molecule has 30 heavy (non-hydrogen) atoms. The molecule has 0 aliphatic carbocycles. The van der Waals surface area contributed by atoms with Gasteiger partial charge in [0.15, 0.2) is 4.32 Å². The molecule has 0 unspecified atom stereocenters. The molecule has 2 aromatic carbocycles. The van der Waals surface area contributed by atoms with Gasteiger partial charge in [-0.15, -0.1) is 0 Å². The maximum absolute atomic E-state index is 13.0. The van der Waals surface area contributed by atoms with Gasteiger partial charge in [0.05, 0.1) is 10.6 Å². The Labute approximate surface area is 194 Å². The number of benzene rings is 2. The molecule has 2 heterocycles. The molecule has 1 saturated heterocycles. The van der Waals surface area contributed by atoms with Crippen molar-refractivity contribution in [3.63, 3.8) is 0 Å². The van der Waals surface area contributed by atoms with Crippen LogP contribution in [0.25, 0.3) is 17.4 Å². The Morgan fingerprint density at radius 1 is 1.07 bits per heavy atom. The number of anilines is 1. The van der Waals surface area contributed by atoms with Gasteiger partial charge in [0.2, 0.25) is 0 Å². The molecule has 3 aromatic rings. The summed E-state index contributed by atoms with van der Waals surface area (Å²) in [6.45, 7) is 2.18. The number of nitrogens with zero attached hydrogens (tertiary/aromatic N) is 1. The maximum Gasteiger partial charge on any atom is 0.270 e. The van der Waals surface area contributed by atoms with Gasteiger partial charge < -0.3 is 4.42 Å². The molecule has 1 fully saturated rings. The lowest BCUT2D eigenvalue weighted by Crippen LogP contribution is -2.27. The Kier molecular flexibility index (Phi) is 6.56. The van der Waals surface area contributed by atoms with Gasteiger partial charge in [-0.1, -0.05) is 77.5 Å². The predicted octanol–water partition coefficient (Wildman–Crippen LogP) is 7.46. The highest BCUT2D eigenvalue weighted by molar-refractivity contribution is 9.10. The molecular weight excluding hydrogens is 478 g/mol. The second kappa shape index (κ2) is 9.33. The normalized spacial score (nSPS) is 15.4. The van der Waals surface area contributed by atoms with E-state index in [9.17, 15) is 4.79 Å². The first-order valence-corrected chi connectivity index (χ1v) is 11.8. The number of furan rings is 1. The number of halogens is 1. The molecular formula is C24H20BrNO2S2. The second-order valence-corrected chi connectivity index (χ2v) is 9.59. The lowest BCUT2D eigenvalue weighted by Gasteiger charge is -2.15. The van der Waals surface area contributed by atoms with E-state index >= 15 is 0 Å². The van der Waals surface area contributed by atoms with Crippen LogP contribution < -0.4 is 4.90 Å². The summed E-state index contributed by atoms with van der Waals surface area (Å²) < 4.78 is 7.48. The molecule has 0 saturated carbocycles. The van der Waals surface area contributed by atoms with Crippen molar-refractivity contribution >= 4 is 61.9 Å². The van der Waals surface area contributed by atoms with Crippen molar-refractivity contribution in [1.29, 1.82) is 0 Å². The highest BCUT2D eigenvalue weighted by Crippen LogP contribution is 2.36. The molecule has 0 radical (unpaired) electrons. The maximum atomic E-state index is 13.0. The van der Waals surface area contributed by atoms with Crippen LogP contribution in [-0.2, 0) is 11.2 Å². The van der Waals surface area contributed by atoms with E-state index in [2.05, 4.69) is 35.0 Å². The SMILES string of the molecule is CCCCc1ccc(N2C(=O)/C(=C\c3ccc(-c4ccc(Br)cc4)o3)SC2=S)cc1. The van der Waals surface area contributed by atoms with Crippen LogP contribution in [0.1, 0.15) is 31.1 Å². The first-order chi connectivity index (χ1) is 14.5. The van der Waals surface area contributed by atoms with Crippen LogP contribution in [0.15, 0.2) is 74.5 Å². The number of thioether (sulfide) groups is 1. The van der Waals surface area contributed by atoms with Crippen LogP contribution in [0.3, 0.4) is 0 Å². The van der Waals surface area contributed by atoms with Crippen molar-refractivity contribution in [2.45, 2.75) is 26.2 Å². The third-order valence-corrected chi connectivity index (χ3v) is 6.67. The number of aryl methyl sites for hydroxylation is 1. The zero-order chi connectivity index (χ0) is 21.1. The molecule has 1 aromatic heterocycles. The lowest BCUT2D eigenvalue weighted by atomic mass is 10.1. The average Bonchev–Trinajstić information content (AvgIpc) is 3.32. The Morgan fingerprint density at radius 3 is 2.50 bits per heavy atom. The molecule has 0 atom stereocenters. The van der Waals surface area contributed by atoms with E-state index in [0.717, 1.165) is 40.7 Å². The van der Waals surface area contributed by atoms with Gasteiger partial charge in [-0.2, -0.15) is 0 Å². The molecule has 1 aliphatic heterocycles. The predicted molar refractivity (Wildman–Crippen MR) is 133 cm³/mol. The molecule has 1 aliphatic rings. The molecule has 0 spiro atoms. The topological polar surface area (TPSA) is 33.5 Å². The highest BCUT2D eigenvalue weighted by atomic mass is 79.9.